The summed E-state index contributed by atoms with van der Waals surface area (Å²) in [6.45, 7) is 4.88. The van der Waals surface area contributed by atoms with E-state index in [1.54, 1.807) is 37.3 Å². The number of rotatable bonds is 8. The number of hydrogen-bond donors (Lipinski definition) is 1. The Hall–Kier alpha value is -2.69. The van der Waals surface area contributed by atoms with E-state index in [9.17, 15) is 18.5 Å². The van der Waals surface area contributed by atoms with Crippen LogP contribution in [0.2, 0.25) is 0 Å². The number of para-hydroxylation sites is 1. The molecule has 172 valence electrons. The highest BCUT2D eigenvalue weighted by molar-refractivity contribution is 7.92. The number of nitro groups is 1. The Labute approximate surface area is 188 Å². The summed E-state index contributed by atoms with van der Waals surface area (Å²) in [5.41, 5.74) is 0.517. The standard InChI is InChI=1S/C22H28N4O5S/c1-2-25(17-7-4-3-5-8-17)32(29,30)20-10-11-21(22(13-20)26(27)28)23-14-19-15-24-12-6-9-18(24)16-31-19/h3-5,7-8,10-11,13,18-19,23H,2,6,9,12,14-16H2,1H3/t18-,19-/m0/s1. The van der Waals surface area contributed by atoms with Gasteiger partial charge in [-0.3, -0.25) is 19.3 Å². The molecule has 0 aliphatic carbocycles. The summed E-state index contributed by atoms with van der Waals surface area (Å²) in [4.78, 5) is 13.5. The van der Waals surface area contributed by atoms with Gasteiger partial charge in [0.2, 0.25) is 0 Å². The average molecular weight is 461 g/mol. The molecule has 2 saturated heterocycles. The first-order valence-corrected chi connectivity index (χ1v) is 12.3. The van der Waals surface area contributed by atoms with Crippen LogP contribution in [-0.2, 0) is 14.8 Å². The number of benzene rings is 2. The van der Waals surface area contributed by atoms with Gasteiger partial charge in [0.25, 0.3) is 15.7 Å². The Balaban J connectivity index is 1.53. The summed E-state index contributed by atoms with van der Waals surface area (Å²) < 4.78 is 33.6. The van der Waals surface area contributed by atoms with Crippen LogP contribution >= 0.6 is 0 Å². The molecule has 2 aromatic carbocycles. The minimum absolute atomic E-state index is 0.0685. The summed E-state index contributed by atoms with van der Waals surface area (Å²) in [6.07, 6.45) is 2.26. The van der Waals surface area contributed by atoms with Crippen molar-refractivity contribution in [2.24, 2.45) is 0 Å². The van der Waals surface area contributed by atoms with Gasteiger partial charge in [0.05, 0.1) is 28.2 Å². The van der Waals surface area contributed by atoms with E-state index in [-0.39, 0.29) is 28.9 Å². The second-order valence-electron chi connectivity index (χ2n) is 8.07. The van der Waals surface area contributed by atoms with Crippen molar-refractivity contribution in [1.82, 2.24) is 4.90 Å². The van der Waals surface area contributed by atoms with Crippen LogP contribution in [0.4, 0.5) is 17.1 Å². The molecule has 2 aromatic rings. The van der Waals surface area contributed by atoms with Gasteiger partial charge in [-0.2, -0.15) is 0 Å². The maximum atomic E-state index is 13.2. The molecule has 2 fully saturated rings. The molecule has 0 unspecified atom stereocenters. The number of anilines is 2. The van der Waals surface area contributed by atoms with Crippen molar-refractivity contribution in [3.63, 3.8) is 0 Å². The van der Waals surface area contributed by atoms with Gasteiger partial charge in [-0.1, -0.05) is 18.2 Å². The van der Waals surface area contributed by atoms with Gasteiger partial charge in [-0.25, -0.2) is 8.42 Å². The SMILES string of the molecule is CCN(c1ccccc1)S(=O)(=O)c1ccc(NC[C@H]2CN3CCC[C@H]3CO2)c([N+](=O)[O-])c1. The maximum Gasteiger partial charge on any atom is 0.293 e. The number of ether oxygens (including phenoxy) is 1. The fourth-order valence-corrected chi connectivity index (χ4v) is 5.91. The monoisotopic (exact) mass is 460 g/mol. The maximum absolute atomic E-state index is 13.2. The summed E-state index contributed by atoms with van der Waals surface area (Å²) >= 11 is 0. The normalized spacial score (nSPS) is 21.2. The molecule has 2 aliphatic rings. The van der Waals surface area contributed by atoms with Crippen molar-refractivity contribution in [3.8, 4) is 0 Å². The van der Waals surface area contributed by atoms with E-state index in [1.807, 2.05) is 0 Å². The van der Waals surface area contributed by atoms with Gasteiger partial charge in [-0.05, 0) is 50.6 Å². The lowest BCUT2D eigenvalue weighted by Gasteiger charge is -2.35. The van der Waals surface area contributed by atoms with E-state index in [1.165, 1.54) is 22.9 Å². The molecule has 10 heteroatoms. The predicted octanol–water partition coefficient (Wildman–Crippen LogP) is 3.09. The summed E-state index contributed by atoms with van der Waals surface area (Å²) in [5, 5.41) is 14.8. The first-order valence-electron chi connectivity index (χ1n) is 10.9. The van der Waals surface area contributed by atoms with Crippen molar-refractivity contribution in [3.05, 3.63) is 58.6 Å². The van der Waals surface area contributed by atoms with E-state index in [0.717, 1.165) is 25.6 Å². The van der Waals surface area contributed by atoms with Crippen LogP contribution in [0.1, 0.15) is 19.8 Å². The molecule has 0 radical (unpaired) electrons. The smallest absolute Gasteiger partial charge is 0.293 e. The Morgan fingerprint density at radius 1 is 1.25 bits per heavy atom. The van der Waals surface area contributed by atoms with Crippen molar-refractivity contribution >= 4 is 27.1 Å². The Morgan fingerprint density at radius 3 is 2.75 bits per heavy atom. The van der Waals surface area contributed by atoms with Gasteiger partial charge >= 0.3 is 0 Å². The van der Waals surface area contributed by atoms with E-state index in [2.05, 4.69) is 10.2 Å². The zero-order chi connectivity index (χ0) is 22.7. The zero-order valence-corrected chi connectivity index (χ0v) is 18.8. The average Bonchev–Trinajstić information content (AvgIpc) is 3.26. The number of morpholine rings is 1. The van der Waals surface area contributed by atoms with Crippen molar-refractivity contribution < 1.29 is 18.1 Å². The molecule has 2 atom stereocenters. The van der Waals surface area contributed by atoms with Crippen LogP contribution in [0, 0.1) is 10.1 Å². The van der Waals surface area contributed by atoms with E-state index in [4.69, 9.17) is 4.74 Å². The minimum atomic E-state index is -3.95. The summed E-state index contributed by atoms with van der Waals surface area (Å²) in [7, 11) is -3.95. The predicted molar refractivity (Wildman–Crippen MR) is 123 cm³/mol. The van der Waals surface area contributed by atoms with Gasteiger partial charge in [0.1, 0.15) is 5.69 Å². The second-order valence-corrected chi connectivity index (χ2v) is 9.93. The molecular weight excluding hydrogens is 432 g/mol. The number of fused-ring (bicyclic) bond motifs is 1. The van der Waals surface area contributed by atoms with Crippen LogP contribution in [0.25, 0.3) is 0 Å². The molecule has 9 nitrogen and oxygen atoms in total. The van der Waals surface area contributed by atoms with Crippen molar-refractivity contribution in [2.75, 3.05) is 42.4 Å². The largest absolute Gasteiger partial charge is 0.377 e. The van der Waals surface area contributed by atoms with Crippen molar-refractivity contribution in [1.29, 1.82) is 0 Å². The van der Waals surface area contributed by atoms with Crippen LogP contribution < -0.4 is 9.62 Å². The molecular formula is C22H28N4O5S. The molecule has 0 saturated carbocycles. The Morgan fingerprint density at radius 2 is 2.03 bits per heavy atom. The van der Waals surface area contributed by atoms with Gasteiger partial charge in [0, 0.05) is 31.7 Å². The number of nitrogens with one attached hydrogen (secondary N) is 1. The molecule has 0 amide bonds. The lowest BCUT2D eigenvalue weighted by atomic mass is 10.2. The molecule has 2 heterocycles. The number of nitro benzene ring substituents is 1. The van der Waals surface area contributed by atoms with Crippen LogP contribution in [0.3, 0.4) is 0 Å². The van der Waals surface area contributed by atoms with E-state index in [0.29, 0.717) is 24.9 Å². The fraction of sp³-hybridized carbons (Fsp3) is 0.455. The van der Waals surface area contributed by atoms with Crippen molar-refractivity contribution in [2.45, 2.75) is 36.8 Å². The molecule has 1 N–H and O–H groups in total. The highest BCUT2D eigenvalue weighted by Crippen LogP contribution is 2.31. The fourth-order valence-electron chi connectivity index (χ4n) is 4.42. The second kappa shape index (κ2) is 9.43. The lowest BCUT2D eigenvalue weighted by Crippen LogP contribution is -2.48. The van der Waals surface area contributed by atoms with Gasteiger partial charge in [0.15, 0.2) is 0 Å². The van der Waals surface area contributed by atoms with E-state index < -0.39 is 14.9 Å². The number of sulfonamides is 1. The minimum Gasteiger partial charge on any atom is -0.377 e. The van der Waals surface area contributed by atoms with Crippen LogP contribution in [0.5, 0.6) is 0 Å². The third-order valence-corrected chi connectivity index (χ3v) is 7.97. The highest BCUT2D eigenvalue weighted by Gasteiger charge is 2.32. The molecule has 0 bridgehead atoms. The van der Waals surface area contributed by atoms with Gasteiger partial charge < -0.3 is 10.1 Å². The Kier molecular flexibility index (Phi) is 6.63. The molecule has 0 aromatic heterocycles. The molecule has 4 rings (SSSR count). The first kappa shape index (κ1) is 22.5. The summed E-state index contributed by atoms with van der Waals surface area (Å²) in [5.74, 6) is 0. The summed E-state index contributed by atoms with van der Waals surface area (Å²) in [6, 6.07) is 13.2. The van der Waals surface area contributed by atoms with Crippen LogP contribution in [0.15, 0.2) is 53.4 Å². The highest BCUT2D eigenvalue weighted by atomic mass is 32.2. The molecule has 32 heavy (non-hydrogen) atoms. The lowest BCUT2D eigenvalue weighted by molar-refractivity contribution is -0.384. The first-order chi connectivity index (χ1) is 15.4. The van der Waals surface area contributed by atoms with Crippen LogP contribution in [-0.4, -0.2) is 63.2 Å². The molecule has 0 spiro atoms. The third kappa shape index (κ3) is 4.57. The third-order valence-electron chi connectivity index (χ3n) is 6.07. The molecule has 2 aliphatic heterocycles. The van der Waals surface area contributed by atoms with E-state index >= 15 is 0 Å². The number of hydrogen-bond acceptors (Lipinski definition) is 7. The zero-order valence-electron chi connectivity index (χ0n) is 18.0. The Bertz CT molecular complexity index is 1060. The number of nitrogens with zero attached hydrogens (tertiary/aromatic N) is 3. The topological polar surface area (TPSA) is 105 Å². The van der Waals surface area contributed by atoms with Gasteiger partial charge in [-0.15, -0.1) is 0 Å². The quantitative estimate of drug-likeness (QED) is 0.477.